The standard InChI is InChI=1S/C16H23F2N/c1-10-4-11(2)6-12(5-10)16(3,19)13-7-14(17)9-15(18)8-13/h7-12H,4-6,19H2,1-3H3. The van der Waals surface area contributed by atoms with Crippen LogP contribution in [0, 0.1) is 29.4 Å². The maximum Gasteiger partial charge on any atom is 0.126 e. The highest BCUT2D eigenvalue weighted by atomic mass is 19.1. The monoisotopic (exact) mass is 267 g/mol. The van der Waals surface area contributed by atoms with Crippen LogP contribution in [0.15, 0.2) is 18.2 Å². The van der Waals surface area contributed by atoms with Crippen molar-refractivity contribution >= 4 is 0 Å². The molecule has 3 heteroatoms. The Morgan fingerprint density at radius 1 is 1.00 bits per heavy atom. The topological polar surface area (TPSA) is 26.0 Å². The van der Waals surface area contributed by atoms with Crippen LogP contribution in [0.5, 0.6) is 0 Å². The molecule has 3 unspecified atom stereocenters. The predicted molar refractivity (Wildman–Crippen MR) is 73.6 cm³/mol. The molecule has 1 aromatic carbocycles. The van der Waals surface area contributed by atoms with Gasteiger partial charge in [-0.1, -0.05) is 13.8 Å². The lowest BCUT2D eigenvalue weighted by molar-refractivity contribution is 0.144. The van der Waals surface area contributed by atoms with Gasteiger partial charge in [-0.2, -0.15) is 0 Å². The number of halogens is 2. The van der Waals surface area contributed by atoms with Crippen LogP contribution in [0.4, 0.5) is 8.78 Å². The molecule has 0 aliphatic heterocycles. The Bertz CT molecular complexity index is 426. The molecule has 0 spiro atoms. The summed E-state index contributed by atoms with van der Waals surface area (Å²) in [5, 5.41) is 0. The minimum absolute atomic E-state index is 0.271. The Hall–Kier alpha value is -0.960. The lowest BCUT2D eigenvalue weighted by Gasteiger charge is -2.41. The zero-order valence-corrected chi connectivity index (χ0v) is 11.9. The second-order valence-corrected chi connectivity index (χ2v) is 6.56. The van der Waals surface area contributed by atoms with Gasteiger partial charge in [0.25, 0.3) is 0 Å². The van der Waals surface area contributed by atoms with Gasteiger partial charge in [-0.05, 0) is 61.6 Å². The maximum atomic E-state index is 13.4. The molecule has 19 heavy (non-hydrogen) atoms. The molecule has 1 fully saturated rings. The molecule has 0 amide bonds. The summed E-state index contributed by atoms with van der Waals surface area (Å²) in [5.74, 6) is 0.407. The Morgan fingerprint density at radius 3 is 1.95 bits per heavy atom. The largest absolute Gasteiger partial charge is 0.321 e. The molecule has 106 valence electrons. The van der Waals surface area contributed by atoms with Gasteiger partial charge in [-0.25, -0.2) is 8.78 Å². The van der Waals surface area contributed by atoms with E-state index in [9.17, 15) is 8.78 Å². The highest BCUT2D eigenvalue weighted by Crippen LogP contribution is 2.42. The maximum absolute atomic E-state index is 13.4. The van der Waals surface area contributed by atoms with E-state index in [1.807, 2.05) is 6.92 Å². The van der Waals surface area contributed by atoms with Gasteiger partial charge in [0.05, 0.1) is 0 Å². The van der Waals surface area contributed by atoms with E-state index in [-0.39, 0.29) is 5.92 Å². The molecule has 1 aliphatic carbocycles. The van der Waals surface area contributed by atoms with E-state index in [1.165, 1.54) is 18.6 Å². The second-order valence-electron chi connectivity index (χ2n) is 6.56. The Balaban J connectivity index is 2.30. The molecule has 0 heterocycles. The van der Waals surface area contributed by atoms with Crippen LogP contribution in [-0.2, 0) is 5.54 Å². The molecule has 0 bridgehead atoms. The first-order chi connectivity index (χ1) is 8.79. The van der Waals surface area contributed by atoms with E-state index < -0.39 is 17.2 Å². The van der Waals surface area contributed by atoms with Crippen molar-refractivity contribution in [1.82, 2.24) is 0 Å². The summed E-state index contributed by atoms with van der Waals surface area (Å²) in [6, 6.07) is 3.63. The summed E-state index contributed by atoms with van der Waals surface area (Å²) >= 11 is 0. The van der Waals surface area contributed by atoms with Crippen LogP contribution < -0.4 is 5.73 Å². The summed E-state index contributed by atoms with van der Waals surface area (Å²) in [7, 11) is 0. The molecule has 3 atom stereocenters. The van der Waals surface area contributed by atoms with Crippen molar-refractivity contribution in [2.24, 2.45) is 23.5 Å². The number of benzene rings is 1. The average Bonchev–Trinajstić information content (AvgIpc) is 2.26. The predicted octanol–water partition coefficient (Wildman–Crippen LogP) is 4.21. The molecular formula is C16H23F2N. The minimum atomic E-state index is -0.675. The van der Waals surface area contributed by atoms with E-state index in [2.05, 4.69) is 13.8 Å². The van der Waals surface area contributed by atoms with Crippen molar-refractivity contribution < 1.29 is 8.78 Å². The lowest BCUT2D eigenvalue weighted by Crippen LogP contribution is -2.44. The van der Waals surface area contributed by atoms with Crippen molar-refractivity contribution in [1.29, 1.82) is 0 Å². The molecule has 0 aromatic heterocycles. The van der Waals surface area contributed by atoms with Crippen molar-refractivity contribution in [2.45, 2.75) is 45.6 Å². The zero-order chi connectivity index (χ0) is 14.2. The van der Waals surface area contributed by atoms with E-state index >= 15 is 0 Å². The fraction of sp³-hybridized carbons (Fsp3) is 0.625. The van der Waals surface area contributed by atoms with Crippen molar-refractivity contribution in [3.05, 3.63) is 35.4 Å². The second kappa shape index (κ2) is 5.20. The van der Waals surface area contributed by atoms with Crippen molar-refractivity contribution in [3.8, 4) is 0 Å². The summed E-state index contributed by atoms with van der Waals surface area (Å²) in [6.45, 7) is 6.35. The first-order valence-electron chi connectivity index (χ1n) is 7.04. The van der Waals surface area contributed by atoms with Gasteiger partial charge in [0, 0.05) is 11.6 Å². The fourth-order valence-corrected chi connectivity index (χ4v) is 3.54. The number of hydrogen-bond acceptors (Lipinski definition) is 1. The third-order valence-corrected chi connectivity index (χ3v) is 4.51. The average molecular weight is 267 g/mol. The molecule has 2 N–H and O–H groups in total. The highest BCUT2D eigenvalue weighted by molar-refractivity contribution is 5.26. The molecule has 1 aliphatic rings. The third kappa shape index (κ3) is 3.14. The van der Waals surface area contributed by atoms with Crippen LogP contribution in [0.3, 0.4) is 0 Å². The summed E-state index contributed by atoms with van der Waals surface area (Å²) < 4.78 is 26.8. The highest BCUT2D eigenvalue weighted by Gasteiger charge is 2.37. The van der Waals surface area contributed by atoms with Gasteiger partial charge < -0.3 is 5.73 Å². The van der Waals surface area contributed by atoms with E-state index in [0.717, 1.165) is 18.9 Å². The lowest BCUT2D eigenvalue weighted by atomic mass is 9.67. The zero-order valence-electron chi connectivity index (χ0n) is 11.9. The normalized spacial score (nSPS) is 30.9. The molecule has 0 saturated heterocycles. The SMILES string of the molecule is CC1CC(C)CC(C(C)(N)c2cc(F)cc(F)c2)C1. The fourth-order valence-electron chi connectivity index (χ4n) is 3.54. The van der Waals surface area contributed by atoms with E-state index in [0.29, 0.717) is 17.4 Å². The van der Waals surface area contributed by atoms with Gasteiger partial charge in [0.2, 0.25) is 0 Å². The van der Waals surface area contributed by atoms with Gasteiger partial charge in [-0.15, -0.1) is 0 Å². The van der Waals surface area contributed by atoms with Crippen molar-refractivity contribution in [3.63, 3.8) is 0 Å². The Kier molecular flexibility index (Phi) is 3.95. The Morgan fingerprint density at radius 2 is 1.47 bits per heavy atom. The van der Waals surface area contributed by atoms with Crippen LogP contribution >= 0.6 is 0 Å². The number of hydrogen-bond donors (Lipinski definition) is 1. The third-order valence-electron chi connectivity index (χ3n) is 4.51. The quantitative estimate of drug-likeness (QED) is 0.853. The molecule has 0 radical (unpaired) electrons. The summed E-state index contributed by atoms with van der Waals surface area (Å²) in [6.07, 6.45) is 3.26. The van der Waals surface area contributed by atoms with Crippen LogP contribution in [0.1, 0.15) is 45.6 Å². The molecule has 1 saturated carbocycles. The number of rotatable bonds is 2. The van der Waals surface area contributed by atoms with Gasteiger partial charge in [-0.3, -0.25) is 0 Å². The van der Waals surface area contributed by atoms with Gasteiger partial charge in [0.1, 0.15) is 11.6 Å². The van der Waals surface area contributed by atoms with E-state index in [1.54, 1.807) is 0 Å². The molecule has 1 aromatic rings. The van der Waals surface area contributed by atoms with Gasteiger partial charge >= 0.3 is 0 Å². The van der Waals surface area contributed by atoms with Crippen LogP contribution in [0.25, 0.3) is 0 Å². The first-order valence-corrected chi connectivity index (χ1v) is 7.04. The minimum Gasteiger partial charge on any atom is -0.321 e. The smallest absolute Gasteiger partial charge is 0.126 e. The van der Waals surface area contributed by atoms with Crippen LogP contribution in [0.2, 0.25) is 0 Å². The van der Waals surface area contributed by atoms with Gasteiger partial charge in [0.15, 0.2) is 0 Å². The molecule has 1 nitrogen and oxygen atoms in total. The van der Waals surface area contributed by atoms with E-state index in [4.69, 9.17) is 5.73 Å². The summed E-state index contributed by atoms with van der Waals surface area (Å²) in [5.41, 5.74) is 6.33. The molecule has 2 rings (SSSR count). The first kappa shape index (κ1) is 14.4. The summed E-state index contributed by atoms with van der Waals surface area (Å²) in [4.78, 5) is 0. The number of nitrogens with two attached hydrogens (primary N) is 1. The van der Waals surface area contributed by atoms with Crippen molar-refractivity contribution in [2.75, 3.05) is 0 Å². The Labute approximate surface area is 114 Å². The van der Waals surface area contributed by atoms with Crippen LogP contribution in [-0.4, -0.2) is 0 Å². The molecular weight excluding hydrogens is 244 g/mol.